The smallest absolute Gasteiger partial charge is 0.225 e. The van der Waals surface area contributed by atoms with Crippen LogP contribution in [0.4, 0.5) is 0 Å². The van der Waals surface area contributed by atoms with Crippen LogP contribution in [0.25, 0.3) is 0 Å². The summed E-state index contributed by atoms with van der Waals surface area (Å²) in [5.74, 6) is 0.695. The molecule has 0 radical (unpaired) electrons. The highest BCUT2D eigenvalue weighted by Gasteiger charge is 2.17. The summed E-state index contributed by atoms with van der Waals surface area (Å²) >= 11 is 7.58. The highest BCUT2D eigenvalue weighted by molar-refractivity contribution is 7.07. The van der Waals surface area contributed by atoms with Crippen LogP contribution in [0.1, 0.15) is 28.4 Å². The third-order valence-corrected chi connectivity index (χ3v) is 5.69. The van der Waals surface area contributed by atoms with Crippen LogP contribution >= 0.6 is 22.9 Å². The van der Waals surface area contributed by atoms with E-state index in [1.54, 1.807) is 16.8 Å². The van der Waals surface area contributed by atoms with Crippen LogP contribution in [0.5, 0.6) is 5.75 Å². The summed E-state index contributed by atoms with van der Waals surface area (Å²) < 4.78 is 5.73. The van der Waals surface area contributed by atoms with Gasteiger partial charge in [-0.2, -0.15) is 0 Å². The minimum Gasteiger partial charge on any atom is -0.487 e. The quantitative estimate of drug-likeness (QED) is 0.369. The Bertz CT molecular complexity index is 1100. The molecule has 6 heteroatoms. The zero-order chi connectivity index (χ0) is 21.5. The molecule has 0 saturated carbocycles. The topological polar surface area (TPSA) is 51.2 Å². The number of nitrogens with one attached hydrogen (secondary N) is 1. The number of amides is 1. The van der Waals surface area contributed by atoms with E-state index in [1.165, 1.54) is 0 Å². The molecule has 156 valence electrons. The second-order valence-electron chi connectivity index (χ2n) is 7.05. The number of halogens is 1. The maximum absolute atomic E-state index is 12.8. The molecule has 4 aromatic rings. The van der Waals surface area contributed by atoms with Gasteiger partial charge in [0.15, 0.2) is 0 Å². The molecule has 1 amide bonds. The second-order valence-corrected chi connectivity index (χ2v) is 8.21. The number of thiazole rings is 1. The minimum atomic E-state index is -0.244. The summed E-state index contributed by atoms with van der Waals surface area (Å²) in [7, 11) is 0. The number of benzene rings is 3. The Hall–Kier alpha value is -3.15. The Morgan fingerprint density at radius 1 is 0.968 bits per heavy atom. The predicted molar refractivity (Wildman–Crippen MR) is 124 cm³/mol. The maximum Gasteiger partial charge on any atom is 0.225 e. The lowest BCUT2D eigenvalue weighted by molar-refractivity contribution is -0.120. The van der Waals surface area contributed by atoms with Gasteiger partial charge < -0.3 is 10.1 Å². The first-order chi connectivity index (χ1) is 15.2. The van der Waals surface area contributed by atoms with E-state index in [1.807, 2.05) is 84.2 Å². The number of hydrogen-bond donors (Lipinski definition) is 1. The number of rotatable bonds is 8. The average molecular weight is 449 g/mol. The lowest BCUT2D eigenvalue weighted by Gasteiger charge is -2.20. The van der Waals surface area contributed by atoms with E-state index in [4.69, 9.17) is 16.3 Å². The highest BCUT2D eigenvalue weighted by atomic mass is 35.5. The predicted octanol–water partition coefficient (Wildman–Crippen LogP) is 5.82. The monoisotopic (exact) mass is 448 g/mol. The third kappa shape index (κ3) is 5.94. The molecule has 1 N–H and O–H groups in total. The number of ether oxygens (including phenoxy) is 1. The van der Waals surface area contributed by atoms with Gasteiger partial charge in [-0.05, 0) is 41.0 Å². The second kappa shape index (κ2) is 10.2. The molecule has 1 heterocycles. The van der Waals surface area contributed by atoms with Crippen molar-refractivity contribution in [2.75, 3.05) is 0 Å². The SMILES string of the molecule is O=C(Cc1ccc(OCc2cscn2)cc1)NC(c1ccccc1)c1ccc(Cl)cc1. The van der Waals surface area contributed by atoms with Gasteiger partial charge in [0.25, 0.3) is 0 Å². The molecule has 0 aliphatic rings. The Labute approximate surface area is 190 Å². The van der Waals surface area contributed by atoms with Gasteiger partial charge in [0, 0.05) is 10.4 Å². The van der Waals surface area contributed by atoms with Crippen LogP contribution in [0.2, 0.25) is 5.02 Å². The average Bonchev–Trinajstić information content (AvgIpc) is 3.32. The third-order valence-electron chi connectivity index (χ3n) is 4.80. The molecule has 0 fully saturated rings. The van der Waals surface area contributed by atoms with E-state index >= 15 is 0 Å². The number of nitrogens with zero attached hydrogens (tertiary/aromatic N) is 1. The zero-order valence-corrected chi connectivity index (χ0v) is 18.3. The van der Waals surface area contributed by atoms with Gasteiger partial charge in [0.2, 0.25) is 5.91 Å². The van der Waals surface area contributed by atoms with Crippen molar-refractivity contribution in [3.8, 4) is 5.75 Å². The van der Waals surface area contributed by atoms with Crippen LogP contribution in [-0.4, -0.2) is 10.9 Å². The first kappa shape index (κ1) is 21.1. The van der Waals surface area contributed by atoms with Crippen molar-refractivity contribution in [2.24, 2.45) is 0 Å². The Morgan fingerprint density at radius 2 is 1.68 bits per heavy atom. The normalized spacial score (nSPS) is 11.6. The molecule has 4 nitrogen and oxygen atoms in total. The van der Waals surface area contributed by atoms with Crippen LogP contribution < -0.4 is 10.1 Å². The molecule has 0 spiro atoms. The first-order valence-corrected chi connectivity index (χ1v) is 11.2. The van der Waals surface area contributed by atoms with Crippen molar-refractivity contribution in [1.29, 1.82) is 0 Å². The molecule has 0 saturated heterocycles. The lowest BCUT2D eigenvalue weighted by atomic mass is 9.98. The first-order valence-electron chi connectivity index (χ1n) is 9.86. The molecule has 3 aromatic carbocycles. The van der Waals surface area contributed by atoms with Gasteiger partial charge in [-0.15, -0.1) is 11.3 Å². The van der Waals surface area contributed by atoms with Crippen LogP contribution in [0.15, 0.2) is 89.8 Å². The van der Waals surface area contributed by atoms with Gasteiger partial charge in [-0.3, -0.25) is 4.79 Å². The van der Waals surface area contributed by atoms with E-state index in [9.17, 15) is 4.79 Å². The summed E-state index contributed by atoms with van der Waals surface area (Å²) in [4.78, 5) is 17.0. The number of carbonyl (C=O) groups is 1. The molecule has 1 aromatic heterocycles. The fourth-order valence-electron chi connectivity index (χ4n) is 3.23. The van der Waals surface area contributed by atoms with Crippen molar-refractivity contribution in [3.05, 3.63) is 117 Å². The number of carbonyl (C=O) groups excluding carboxylic acids is 1. The highest BCUT2D eigenvalue weighted by Crippen LogP contribution is 2.24. The van der Waals surface area contributed by atoms with Crippen molar-refractivity contribution in [1.82, 2.24) is 10.3 Å². The molecular weight excluding hydrogens is 428 g/mol. The molecular formula is C25H21ClN2O2S. The van der Waals surface area contributed by atoms with Gasteiger partial charge >= 0.3 is 0 Å². The van der Waals surface area contributed by atoms with Crippen molar-refractivity contribution in [2.45, 2.75) is 19.1 Å². The zero-order valence-electron chi connectivity index (χ0n) is 16.7. The maximum atomic E-state index is 12.8. The largest absolute Gasteiger partial charge is 0.487 e. The summed E-state index contributed by atoms with van der Waals surface area (Å²) in [5, 5.41) is 5.78. The summed E-state index contributed by atoms with van der Waals surface area (Å²) in [6.07, 6.45) is 0.281. The van der Waals surface area contributed by atoms with Gasteiger partial charge in [0.1, 0.15) is 12.4 Å². The summed E-state index contributed by atoms with van der Waals surface area (Å²) in [5.41, 5.74) is 5.61. The van der Waals surface area contributed by atoms with E-state index in [0.29, 0.717) is 11.6 Å². The summed E-state index contributed by atoms with van der Waals surface area (Å²) in [6.45, 7) is 0.434. The van der Waals surface area contributed by atoms with Crippen LogP contribution in [-0.2, 0) is 17.8 Å². The Balaban J connectivity index is 1.41. The van der Waals surface area contributed by atoms with Crippen molar-refractivity contribution < 1.29 is 9.53 Å². The van der Waals surface area contributed by atoms with E-state index in [-0.39, 0.29) is 18.4 Å². The number of aromatic nitrogens is 1. The van der Waals surface area contributed by atoms with Gasteiger partial charge in [0.05, 0.1) is 23.7 Å². The van der Waals surface area contributed by atoms with Crippen molar-refractivity contribution >= 4 is 28.8 Å². The fourth-order valence-corrected chi connectivity index (χ4v) is 3.90. The molecule has 0 aliphatic carbocycles. The molecule has 4 rings (SSSR count). The van der Waals surface area contributed by atoms with Crippen LogP contribution in [0, 0.1) is 0 Å². The summed E-state index contributed by atoms with van der Waals surface area (Å²) in [6, 6.07) is 24.8. The molecule has 0 aliphatic heterocycles. The van der Waals surface area contributed by atoms with Gasteiger partial charge in [-0.1, -0.05) is 66.2 Å². The Kier molecular flexibility index (Phi) is 6.97. The van der Waals surface area contributed by atoms with E-state index in [2.05, 4.69) is 10.3 Å². The molecule has 0 bridgehead atoms. The van der Waals surface area contributed by atoms with E-state index in [0.717, 1.165) is 28.1 Å². The van der Waals surface area contributed by atoms with Crippen molar-refractivity contribution in [3.63, 3.8) is 0 Å². The Morgan fingerprint density at radius 3 is 2.35 bits per heavy atom. The van der Waals surface area contributed by atoms with Gasteiger partial charge in [-0.25, -0.2) is 4.98 Å². The van der Waals surface area contributed by atoms with E-state index < -0.39 is 0 Å². The van der Waals surface area contributed by atoms with Crippen LogP contribution in [0.3, 0.4) is 0 Å². The molecule has 31 heavy (non-hydrogen) atoms. The standard InChI is InChI=1S/C25H21ClN2O2S/c26-21-10-8-20(9-11-21)25(19-4-2-1-3-5-19)28-24(29)14-18-6-12-23(13-7-18)30-15-22-16-31-17-27-22/h1-13,16-17,25H,14-15H2,(H,28,29). The lowest BCUT2D eigenvalue weighted by Crippen LogP contribution is -2.30. The minimum absolute atomic E-state index is 0.0556. The molecule has 1 atom stereocenters. The fraction of sp³-hybridized carbons (Fsp3) is 0.120. The molecule has 1 unspecified atom stereocenters. The number of hydrogen-bond acceptors (Lipinski definition) is 4.